The first-order valence-corrected chi connectivity index (χ1v) is 14.7. The molecule has 0 heterocycles. The lowest BCUT2D eigenvalue weighted by molar-refractivity contribution is -0.139. The Bertz CT molecular complexity index is 1180. The summed E-state index contributed by atoms with van der Waals surface area (Å²) in [6, 6.07) is 12.2. The highest BCUT2D eigenvalue weighted by molar-refractivity contribution is 7.92. The Morgan fingerprint density at radius 2 is 1.62 bits per heavy atom. The zero-order valence-corrected chi connectivity index (χ0v) is 22.9. The lowest BCUT2D eigenvalue weighted by atomic mass is 9.95. The molecule has 1 atom stereocenters. The van der Waals surface area contributed by atoms with Crippen LogP contribution in [0.5, 0.6) is 0 Å². The summed E-state index contributed by atoms with van der Waals surface area (Å²) in [5.74, 6) is -1.15. The van der Waals surface area contributed by atoms with Crippen molar-refractivity contribution < 1.29 is 22.4 Å². The smallest absolute Gasteiger partial charge is 0.244 e. The number of hydrogen-bond donors (Lipinski definition) is 1. The van der Waals surface area contributed by atoms with Crippen molar-refractivity contribution >= 4 is 27.5 Å². The third kappa shape index (κ3) is 7.77. The second-order valence-electron chi connectivity index (χ2n) is 10.1. The summed E-state index contributed by atoms with van der Waals surface area (Å²) in [7, 11) is -3.82. The highest BCUT2D eigenvalue weighted by atomic mass is 32.2. The number of sulfonamides is 1. The van der Waals surface area contributed by atoms with Crippen molar-refractivity contribution in [1.29, 1.82) is 0 Å². The molecule has 1 fully saturated rings. The van der Waals surface area contributed by atoms with Crippen LogP contribution < -0.4 is 9.62 Å². The zero-order valence-electron chi connectivity index (χ0n) is 22.1. The molecule has 3 rings (SSSR count). The molecule has 0 aliphatic heterocycles. The van der Waals surface area contributed by atoms with Gasteiger partial charge in [-0.25, -0.2) is 12.8 Å². The first-order chi connectivity index (χ1) is 17.5. The third-order valence-corrected chi connectivity index (χ3v) is 8.08. The minimum absolute atomic E-state index is 0.0427. The van der Waals surface area contributed by atoms with Crippen molar-refractivity contribution in [2.45, 2.75) is 77.4 Å². The summed E-state index contributed by atoms with van der Waals surface area (Å²) < 4.78 is 41.0. The monoisotopic (exact) mass is 531 g/mol. The molecule has 0 aromatic heterocycles. The van der Waals surface area contributed by atoms with E-state index in [2.05, 4.69) is 5.32 Å². The fourth-order valence-corrected chi connectivity index (χ4v) is 5.45. The number of amides is 2. The van der Waals surface area contributed by atoms with Gasteiger partial charge in [-0.05, 0) is 49.4 Å². The van der Waals surface area contributed by atoms with E-state index in [0.29, 0.717) is 5.69 Å². The van der Waals surface area contributed by atoms with Crippen molar-refractivity contribution in [2.75, 3.05) is 17.1 Å². The molecule has 1 aliphatic rings. The van der Waals surface area contributed by atoms with E-state index in [1.54, 1.807) is 37.3 Å². The largest absolute Gasteiger partial charge is 0.352 e. The van der Waals surface area contributed by atoms with Crippen LogP contribution >= 0.6 is 0 Å². The zero-order chi connectivity index (χ0) is 27.2. The molecular weight excluding hydrogens is 493 g/mol. The number of hydrogen-bond acceptors (Lipinski definition) is 4. The van der Waals surface area contributed by atoms with Crippen LogP contribution in [0.2, 0.25) is 0 Å². The van der Waals surface area contributed by atoms with E-state index >= 15 is 0 Å². The first kappa shape index (κ1) is 28.6. The van der Waals surface area contributed by atoms with Gasteiger partial charge in [0.25, 0.3) is 0 Å². The standard InChI is InChI=1S/C28H38FN3O4S/c1-20(2)22-14-16-25(17-15-22)32(37(4,35)36)19-27(33)31(18-23-10-8-9-13-26(23)29)21(3)28(34)30-24-11-6-5-7-12-24/h8-10,13-17,20-21,24H,5-7,11-12,18-19H2,1-4H3,(H,30,34)/t21-/m0/s1. The van der Waals surface area contributed by atoms with Gasteiger partial charge in [-0.15, -0.1) is 0 Å². The van der Waals surface area contributed by atoms with Gasteiger partial charge in [0, 0.05) is 18.2 Å². The van der Waals surface area contributed by atoms with Gasteiger partial charge in [0.15, 0.2) is 0 Å². The minimum Gasteiger partial charge on any atom is -0.352 e. The average molecular weight is 532 g/mol. The van der Waals surface area contributed by atoms with Gasteiger partial charge in [0.2, 0.25) is 21.8 Å². The number of rotatable bonds is 10. The van der Waals surface area contributed by atoms with E-state index in [1.807, 2.05) is 26.0 Å². The van der Waals surface area contributed by atoms with Crippen LogP contribution in [0, 0.1) is 5.82 Å². The van der Waals surface area contributed by atoms with Crippen LogP contribution in [0.15, 0.2) is 48.5 Å². The van der Waals surface area contributed by atoms with Gasteiger partial charge in [0.05, 0.1) is 11.9 Å². The molecular formula is C28H38FN3O4S. The Balaban J connectivity index is 1.87. The Kier molecular flexibility index (Phi) is 9.70. The van der Waals surface area contributed by atoms with Gasteiger partial charge in [-0.3, -0.25) is 13.9 Å². The summed E-state index contributed by atoms with van der Waals surface area (Å²) in [6.45, 7) is 5.00. The minimum atomic E-state index is -3.82. The van der Waals surface area contributed by atoms with Crippen molar-refractivity contribution in [1.82, 2.24) is 10.2 Å². The Morgan fingerprint density at radius 1 is 1.00 bits per heavy atom. The highest BCUT2D eigenvalue weighted by Gasteiger charge is 2.31. The molecule has 9 heteroatoms. The summed E-state index contributed by atoms with van der Waals surface area (Å²) in [6.07, 6.45) is 6.02. The Labute approximate surface area is 220 Å². The Hall–Kier alpha value is -2.94. The van der Waals surface area contributed by atoms with Crippen LogP contribution in [0.4, 0.5) is 10.1 Å². The highest BCUT2D eigenvalue weighted by Crippen LogP contribution is 2.23. The topological polar surface area (TPSA) is 86.8 Å². The van der Waals surface area contributed by atoms with E-state index in [9.17, 15) is 22.4 Å². The second-order valence-corrected chi connectivity index (χ2v) is 12.1. The number of nitrogens with zero attached hydrogens (tertiary/aromatic N) is 2. The van der Waals surface area contributed by atoms with Crippen molar-refractivity contribution in [3.63, 3.8) is 0 Å². The number of carbonyl (C=O) groups is 2. The molecule has 2 aromatic carbocycles. The van der Waals surface area contributed by atoms with Crippen LogP contribution in [0.25, 0.3) is 0 Å². The summed E-state index contributed by atoms with van der Waals surface area (Å²) in [4.78, 5) is 28.0. The van der Waals surface area contributed by atoms with Crippen molar-refractivity contribution in [3.05, 3.63) is 65.5 Å². The van der Waals surface area contributed by atoms with Crippen LogP contribution in [0.1, 0.15) is 69.9 Å². The molecule has 2 aromatic rings. The number of anilines is 1. The molecule has 0 radical (unpaired) electrons. The van der Waals surface area contributed by atoms with Gasteiger partial charge >= 0.3 is 0 Å². The maximum absolute atomic E-state index is 14.5. The van der Waals surface area contributed by atoms with Gasteiger partial charge in [0.1, 0.15) is 18.4 Å². The quantitative estimate of drug-likeness (QED) is 0.486. The summed E-state index contributed by atoms with van der Waals surface area (Å²) >= 11 is 0. The third-order valence-electron chi connectivity index (χ3n) is 6.94. The predicted octanol–water partition coefficient (Wildman–Crippen LogP) is 4.58. The van der Waals surface area contributed by atoms with Crippen molar-refractivity contribution in [2.24, 2.45) is 0 Å². The first-order valence-electron chi connectivity index (χ1n) is 12.9. The maximum Gasteiger partial charge on any atom is 0.244 e. The molecule has 2 amide bonds. The van der Waals surface area contributed by atoms with E-state index in [1.165, 1.54) is 11.0 Å². The molecule has 0 bridgehead atoms. The second kappa shape index (κ2) is 12.5. The van der Waals surface area contributed by atoms with E-state index in [0.717, 1.165) is 48.2 Å². The molecule has 37 heavy (non-hydrogen) atoms. The molecule has 0 spiro atoms. The number of carbonyl (C=O) groups excluding carboxylic acids is 2. The van der Waals surface area contributed by atoms with E-state index in [4.69, 9.17) is 0 Å². The van der Waals surface area contributed by atoms with Gasteiger partial charge in [-0.1, -0.05) is 63.4 Å². The maximum atomic E-state index is 14.5. The van der Waals surface area contributed by atoms with E-state index < -0.39 is 34.3 Å². The van der Waals surface area contributed by atoms with Crippen LogP contribution in [0.3, 0.4) is 0 Å². The van der Waals surface area contributed by atoms with Gasteiger partial charge < -0.3 is 10.2 Å². The normalized spacial score (nSPS) is 15.3. The SMILES string of the molecule is CC(C)c1ccc(N(CC(=O)N(Cc2ccccc2F)[C@@H](C)C(=O)NC2CCCCC2)S(C)(=O)=O)cc1. The molecule has 202 valence electrons. The molecule has 1 saturated carbocycles. The number of halogens is 1. The van der Waals surface area contributed by atoms with E-state index in [-0.39, 0.29) is 30.0 Å². The summed E-state index contributed by atoms with van der Waals surface area (Å²) in [5, 5.41) is 3.03. The fraction of sp³-hybridized carbons (Fsp3) is 0.500. The van der Waals surface area contributed by atoms with Crippen molar-refractivity contribution in [3.8, 4) is 0 Å². The van der Waals surface area contributed by atoms with Gasteiger partial charge in [-0.2, -0.15) is 0 Å². The molecule has 1 aliphatic carbocycles. The Morgan fingerprint density at radius 3 is 2.19 bits per heavy atom. The molecule has 7 nitrogen and oxygen atoms in total. The number of nitrogens with one attached hydrogen (secondary N) is 1. The summed E-state index contributed by atoms with van der Waals surface area (Å²) in [5.41, 5.74) is 1.64. The predicted molar refractivity (Wildman–Crippen MR) is 144 cm³/mol. The van der Waals surface area contributed by atoms with Crippen LogP contribution in [-0.4, -0.2) is 50.0 Å². The van der Waals surface area contributed by atoms with Crippen LogP contribution in [-0.2, 0) is 26.2 Å². The molecule has 0 unspecified atom stereocenters. The molecule has 0 saturated heterocycles. The fourth-order valence-electron chi connectivity index (χ4n) is 4.60. The average Bonchev–Trinajstić information content (AvgIpc) is 2.86. The lowest BCUT2D eigenvalue weighted by Crippen LogP contribution is -2.53. The molecule has 1 N–H and O–H groups in total. The lowest BCUT2D eigenvalue weighted by Gasteiger charge is -2.33. The number of benzene rings is 2.